The van der Waals surface area contributed by atoms with Crippen LogP contribution in [-0.4, -0.2) is 19.5 Å². The number of aryl methyl sites for hydroxylation is 2. The topological polar surface area (TPSA) is 83.5 Å². The predicted octanol–water partition coefficient (Wildman–Crippen LogP) is 0.242. The Morgan fingerprint density at radius 3 is 2.69 bits per heavy atom. The molecule has 2 N–H and O–H groups in total. The van der Waals surface area contributed by atoms with Gasteiger partial charge in [0.15, 0.2) is 0 Å². The van der Waals surface area contributed by atoms with Crippen LogP contribution in [-0.2, 0) is 13.5 Å². The summed E-state index contributed by atoms with van der Waals surface area (Å²) in [6.45, 7) is 1.91. The third-order valence-corrected chi connectivity index (χ3v) is 2.67. The number of fused-ring (bicyclic) bond motifs is 1. The molecule has 7 heteroatoms. The van der Waals surface area contributed by atoms with Gasteiger partial charge in [0.2, 0.25) is 0 Å². The maximum Gasteiger partial charge on any atom is 0.329 e. The van der Waals surface area contributed by atoms with Gasteiger partial charge in [0, 0.05) is 13.5 Å². The van der Waals surface area contributed by atoms with E-state index in [1.807, 2.05) is 6.92 Å². The van der Waals surface area contributed by atoms with Gasteiger partial charge in [-0.2, -0.15) is 0 Å². The van der Waals surface area contributed by atoms with Crippen molar-refractivity contribution in [2.24, 2.45) is 7.05 Å². The van der Waals surface area contributed by atoms with Crippen molar-refractivity contribution in [3.05, 3.63) is 31.3 Å². The van der Waals surface area contributed by atoms with E-state index < -0.39 is 11.2 Å². The van der Waals surface area contributed by atoms with Crippen LogP contribution >= 0.6 is 12.2 Å². The highest BCUT2D eigenvalue weighted by Gasteiger charge is 2.08. The molecule has 0 saturated carbocycles. The second-order valence-electron chi connectivity index (χ2n) is 3.38. The van der Waals surface area contributed by atoms with Crippen LogP contribution in [0.4, 0.5) is 0 Å². The lowest BCUT2D eigenvalue weighted by molar-refractivity contribution is 0.812. The number of rotatable bonds is 1. The molecule has 0 aliphatic carbocycles. The number of hydrogen-bond donors (Lipinski definition) is 2. The van der Waals surface area contributed by atoms with Gasteiger partial charge in [-0.05, 0) is 0 Å². The van der Waals surface area contributed by atoms with E-state index in [2.05, 4.69) is 15.0 Å². The normalized spacial score (nSPS) is 10.9. The van der Waals surface area contributed by atoms with Gasteiger partial charge in [-0.15, -0.1) is 0 Å². The SMILES string of the molecule is CCc1nc(=S)c2c(=O)[nH]c(=O)n(C)c2[nH]1. The molecule has 84 valence electrons. The summed E-state index contributed by atoms with van der Waals surface area (Å²) >= 11 is 5.03. The lowest BCUT2D eigenvalue weighted by Gasteiger charge is -2.05. The van der Waals surface area contributed by atoms with E-state index in [1.54, 1.807) is 7.05 Å². The maximum absolute atomic E-state index is 11.6. The second kappa shape index (κ2) is 3.67. The summed E-state index contributed by atoms with van der Waals surface area (Å²) in [5, 5.41) is 0.245. The van der Waals surface area contributed by atoms with Crippen molar-refractivity contribution < 1.29 is 0 Å². The standard InChI is InChI=1S/C9H10N4O2S/c1-3-4-10-6-5(8(16)11-4)7(14)12-9(15)13(6)2/h3H2,1-2H3,(H,10,11,16)(H,12,14,15). The molecule has 0 spiro atoms. The van der Waals surface area contributed by atoms with Crippen LogP contribution < -0.4 is 11.2 Å². The van der Waals surface area contributed by atoms with Crippen LogP contribution in [0.25, 0.3) is 11.0 Å². The Morgan fingerprint density at radius 1 is 1.38 bits per heavy atom. The number of hydrogen-bond acceptors (Lipinski definition) is 4. The summed E-state index contributed by atoms with van der Waals surface area (Å²) in [5.74, 6) is 0.651. The van der Waals surface area contributed by atoms with E-state index in [1.165, 1.54) is 4.57 Å². The van der Waals surface area contributed by atoms with Crippen molar-refractivity contribution in [3.63, 3.8) is 0 Å². The molecule has 16 heavy (non-hydrogen) atoms. The summed E-state index contributed by atoms with van der Waals surface area (Å²) in [4.78, 5) is 32.2. The highest BCUT2D eigenvalue weighted by molar-refractivity contribution is 7.71. The first kappa shape index (κ1) is 10.7. The quantitative estimate of drug-likeness (QED) is 0.697. The zero-order valence-electron chi connectivity index (χ0n) is 8.83. The molecule has 0 aliphatic heterocycles. The molecule has 0 atom stereocenters. The van der Waals surface area contributed by atoms with Crippen LogP contribution in [0.1, 0.15) is 12.7 Å². The number of H-pyrrole nitrogens is 2. The fourth-order valence-corrected chi connectivity index (χ4v) is 1.78. The smallest absolute Gasteiger partial charge is 0.329 e. The molecule has 0 aromatic carbocycles. The summed E-state index contributed by atoms with van der Waals surface area (Å²) in [5.41, 5.74) is -0.573. The van der Waals surface area contributed by atoms with E-state index >= 15 is 0 Å². The Kier molecular flexibility index (Phi) is 2.47. The van der Waals surface area contributed by atoms with Gasteiger partial charge in [-0.25, -0.2) is 9.78 Å². The molecule has 2 rings (SSSR count). The number of nitrogens with one attached hydrogen (secondary N) is 2. The van der Waals surface area contributed by atoms with Gasteiger partial charge in [0.05, 0.1) is 0 Å². The minimum Gasteiger partial charge on any atom is -0.329 e. The average molecular weight is 238 g/mol. The largest absolute Gasteiger partial charge is 0.329 e. The molecule has 0 radical (unpaired) electrons. The summed E-state index contributed by atoms with van der Waals surface area (Å²) in [6.07, 6.45) is 0.653. The fraction of sp³-hybridized carbons (Fsp3) is 0.333. The molecular formula is C9H10N4O2S. The lowest BCUT2D eigenvalue weighted by Crippen LogP contribution is -2.29. The molecule has 0 aliphatic rings. The van der Waals surface area contributed by atoms with Crippen molar-refractivity contribution in [1.29, 1.82) is 0 Å². The maximum atomic E-state index is 11.6. The molecule has 2 aromatic heterocycles. The van der Waals surface area contributed by atoms with Crippen molar-refractivity contribution in [2.75, 3.05) is 0 Å². The van der Waals surface area contributed by atoms with Crippen LogP contribution in [0.5, 0.6) is 0 Å². The van der Waals surface area contributed by atoms with Crippen molar-refractivity contribution >= 4 is 23.3 Å². The first-order valence-corrected chi connectivity index (χ1v) is 5.17. The molecule has 0 bridgehead atoms. The minimum absolute atomic E-state index is 0.211. The minimum atomic E-state index is -0.505. The number of aromatic nitrogens is 4. The lowest BCUT2D eigenvalue weighted by atomic mass is 10.3. The molecule has 0 saturated heterocycles. The third kappa shape index (κ3) is 1.49. The van der Waals surface area contributed by atoms with E-state index in [-0.39, 0.29) is 10.0 Å². The van der Waals surface area contributed by atoms with Gasteiger partial charge in [-0.1, -0.05) is 19.1 Å². The summed E-state index contributed by atoms with van der Waals surface area (Å²) in [7, 11) is 1.56. The van der Waals surface area contributed by atoms with Gasteiger partial charge < -0.3 is 4.98 Å². The Bertz CT molecular complexity index is 725. The number of nitrogens with zero attached hydrogens (tertiary/aromatic N) is 2. The van der Waals surface area contributed by atoms with Crippen LogP contribution in [0, 0.1) is 4.64 Å². The predicted molar refractivity (Wildman–Crippen MR) is 62.2 cm³/mol. The Hall–Kier alpha value is -1.76. The average Bonchev–Trinajstić information content (AvgIpc) is 2.24. The van der Waals surface area contributed by atoms with E-state index in [0.717, 1.165) is 0 Å². The Morgan fingerprint density at radius 2 is 2.06 bits per heavy atom. The zero-order chi connectivity index (χ0) is 11.9. The Balaban J connectivity index is 3.13. The zero-order valence-corrected chi connectivity index (χ0v) is 9.64. The first-order valence-electron chi connectivity index (χ1n) is 4.76. The molecule has 2 aromatic rings. The first-order chi connectivity index (χ1) is 7.54. The van der Waals surface area contributed by atoms with E-state index in [0.29, 0.717) is 17.9 Å². The van der Waals surface area contributed by atoms with Gasteiger partial charge in [-0.3, -0.25) is 14.3 Å². The highest BCUT2D eigenvalue weighted by Crippen LogP contribution is 2.05. The monoisotopic (exact) mass is 238 g/mol. The molecule has 6 nitrogen and oxygen atoms in total. The van der Waals surface area contributed by atoms with Crippen LogP contribution in [0.2, 0.25) is 0 Å². The summed E-state index contributed by atoms with van der Waals surface area (Å²) in [6, 6.07) is 0. The number of aromatic amines is 2. The fourth-order valence-electron chi connectivity index (χ4n) is 1.48. The molecule has 0 unspecified atom stereocenters. The molecule has 0 fully saturated rings. The second-order valence-corrected chi connectivity index (χ2v) is 3.77. The van der Waals surface area contributed by atoms with E-state index in [9.17, 15) is 9.59 Å². The molecular weight excluding hydrogens is 228 g/mol. The Labute approximate surface area is 95.0 Å². The molecule has 0 amide bonds. The van der Waals surface area contributed by atoms with E-state index in [4.69, 9.17) is 12.2 Å². The highest BCUT2D eigenvalue weighted by atomic mass is 32.1. The summed E-state index contributed by atoms with van der Waals surface area (Å²) < 4.78 is 1.52. The van der Waals surface area contributed by atoms with Crippen molar-refractivity contribution in [2.45, 2.75) is 13.3 Å². The van der Waals surface area contributed by atoms with Gasteiger partial charge in [0.1, 0.15) is 21.5 Å². The van der Waals surface area contributed by atoms with Crippen molar-refractivity contribution in [1.82, 2.24) is 19.5 Å². The van der Waals surface area contributed by atoms with Gasteiger partial charge >= 0.3 is 5.69 Å². The van der Waals surface area contributed by atoms with Crippen LogP contribution in [0.3, 0.4) is 0 Å². The molecule has 2 heterocycles. The third-order valence-electron chi connectivity index (χ3n) is 2.37. The van der Waals surface area contributed by atoms with Crippen molar-refractivity contribution in [3.8, 4) is 0 Å². The van der Waals surface area contributed by atoms with Crippen LogP contribution in [0.15, 0.2) is 9.59 Å². The van der Waals surface area contributed by atoms with Gasteiger partial charge in [0.25, 0.3) is 5.56 Å².